The van der Waals surface area contributed by atoms with E-state index in [1.165, 1.54) is 42.0 Å². The normalized spacial score (nSPS) is 10.9. The molecule has 0 amide bonds. The number of hydrogen-bond acceptors (Lipinski definition) is 10. The number of H-pyrrole nitrogens is 5. The van der Waals surface area contributed by atoms with Crippen LogP contribution in [-0.4, -0.2) is 63.9 Å². The van der Waals surface area contributed by atoms with Gasteiger partial charge in [0.25, 0.3) is 0 Å². The van der Waals surface area contributed by atoms with Crippen molar-refractivity contribution in [1.29, 1.82) is 0 Å². The molecule has 140 heavy (non-hydrogen) atoms. The van der Waals surface area contributed by atoms with E-state index >= 15 is 0 Å². The zero-order valence-corrected chi connectivity index (χ0v) is 75.7. The Hall–Kier alpha value is -18.8. The third-order valence-electron chi connectivity index (χ3n) is 23.7. The van der Waals surface area contributed by atoms with E-state index in [9.17, 15) is 17.6 Å². The van der Waals surface area contributed by atoms with Gasteiger partial charge in [0.2, 0.25) is 0 Å². The van der Waals surface area contributed by atoms with Gasteiger partial charge in [0, 0.05) is 192 Å². The Labute approximate surface area is 804 Å². The number of benzene rings is 14. The molecule has 24 rings (SSSR count). The first-order chi connectivity index (χ1) is 68.8. The minimum Gasteiger partial charge on any atom is -0.457 e. The number of pyridine rings is 5. The number of ether oxygens (including phenoxy) is 4. The maximum Gasteiger partial charge on any atom is 0.137 e. The summed E-state index contributed by atoms with van der Waals surface area (Å²) in [6.07, 6.45) is 18.7. The molecule has 0 radical (unpaired) electrons. The molecule has 0 atom stereocenters. The minimum absolute atomic E-state index is 0.241. The van der Waals surface area contributed by atoms with Crippen LogP contribution in [-0.2, 0) is 0 Å². The summed E-state index contributed by atoms with van der Waals surface area (Å²) in [4.78, 5) is 40.9. The van der Waals surface area contributed by atoms with Crippen LogP contribution in [0.1, 0.15) is 0 Å². The molecular weight excluding hydrogens is 1750 g/mol. The van der Waals surface area contributed by atoms with Crippen LogP contribution >= 0.6 is 0 Å². The molecule has 5 N–H and O–H groups in total. The number of rotatable bonds is 19. The number of fused-ring (bicyclic) bond motifs is 5. The average Bonchev–Trinajstić information content (AvgIpc) is 1.62. The Morgan fingerprint density at radius 3 is 0.800 bits per heavy atom. The fourth-order valence-corrected chi connectivity index (χ4v) is 16.8. The summed E-state index contributed by atoms with van der Waals surface area (Å²) in [6.45, 7) is 0. The van der Waals surface area contributed by atoms with E-state index in [0.717, 1.165) is 201 Å². The van der Waals surface area contributed by atoms with Crippen molar-refractivity contribution in [1.82, 2.24) is 49.8 Å². The van der Waals surface area contributed by atoms with E-state index in [1.807, 2.05) is 306 Å². The smallest absolute Gasteiger partial charge is 0.137 e. The molecule has 24 aromatic rings. The van der Waals surface area contributed by atoms with Gasteiger partial charge < -0.3 is 48.8 Å². The van der Waals surface area contributed by atoms with Gasteiger partial charge in [-0.1, -0.05) is 243 Å². The van der Waals surface area contributed by atoms with Crippen molar-refractivity contribution in [3.05, 3.63) is 486 Å². The van der Waals surface area contributed by atoms with Crippen LogP contribution in [0.4, 0.5) is 23.2 Å². The first-order valence-corrected chi connectivity index (χ1v) is 45.4. The summed E-state index contributed by atoms with van der Waals surface area (Å²) in [5.41, 5.74) is 24.0. The number of nitrogens with zero attached hydrogens (tertiary/aromatic N) is 6. The largest absolute Gasteiger partial charge is 0.457 e. The Kier molecular flexibility index (Phi) is 26.4. The van der Waals surface area contributed by atoms with E-state index in [2.05, 4.69) is 134 Å². The molecule has 0 unspecified atom stereocenters. The quantitative estimate of drug-likeness (QED) is 0.0488. The van der Waals surface area contributed by atoms with Crippen molar-refractivity contribution in [2.24, 2.45) is 0 Å². The number of halogens is 4. The lowest BCUT2D eigenvalue weighted by Gasteiger charge is -2.12. The van der Waals surface area contributed by atoms with E-state index in [0.29, 0.717) is 11.2 Å². The third kappa shape index (κ3) is 20.4. The van der Waals surface area contributed by atoms with E-state index in [1.54, 1.807) is 54.9 Å². The molecule has 0 bridgehead atoms. The highest BCUT2D eigenvalue weighted by Gasteiger charge is 2.21. The van der Waals surface area contributed by atoms with Crippen LogP contribution in [0.25, 0.3) is 166 Å². The maximum atomic E-state index is 14.4. The highest BCUT2D eigenvalue weighted by molar-refractivity contribution is 6.01. The van der Waals surface area contributed by atoms with Crippen molar-refractivity contribution in [3.8, 4) is 157 Å². The zero-order chi connectivity index (χ0) is 95.0. The summed E-state index contributed by atoms with van der Waals surface area (Å²) in [5, 5.41) is 4.85. The molecule has 14 aromatic carbocycles. The Morgan fingerprint density at radius 1 is 0.200 bits per heavy atom. The lowest BCUT2D eigenvalue weighted by Crippen LogP contribution is -2.07. The van der Waals surface area contributed by atoms with E-state index in [4.69, 9.17) is 18.9 Å². The topological polar surface area (TPSA) is 184 Å². The molecule has 0 spiro atoms. The fraction of sp³-hybridized carbons (Fsp3) is 0.0165. The van der Waals surface area contributed by atoms with Crippen LogP contribution in [0.15, 0.2) is 462 Å². The zero-order valence-electron chi connectivity index (χ0n) is 75.7. The van der Waals surface area contributed by atoms with Gasteiger partial charge in [-0.3, -0.25) is 0 Å². The second-order valence-electron chi connectivity index (χ2n) is 33.1. The van der Waals surface area contributed by atoms with Gasteiger partial charge in [-0.25, -0.2) is 42.5 Å². The summed E-state index contributed by atoms with van der Waals surface area (Å²) in [7, 11) is 4.04. The molecule has 15 nitrogen and oxygen atoms in total. The second-order valence-corrected chi connectivity index (χ2v) is 33.1. The summed E-state index contributed by atoms with van der Waals surface area (Å²) in [5.74, 6) is 5.19. The number of aromatic amines is 5. The molecular formula is C121H87F4N11O4. The first kappa shape index (κ1) is 89.1. The lowest BCUT2D eigenvalue weighted by molar-refractivity contribution is 0.484. The standard InChI is InChI=1S/3C25H17FN2O.C25H18N2O.C21H18FN3/c26-23-12-6-4-11-20(23)22-16-28-25-21(22)14-17(15-27-25)19-10-5-7-13-24(19)29-18-8-2-1-3-9-18;26-19-8-6-7-17(13-19)23-16-28-25-22(23)14-18(15-27-25)21-11-4-5-12-24(21)29-20-9-2-1-3-10-20;26-19-12-10-17(11-13-19)23-16-28-25-22(23)14-18(15-27-25)21-8-4-5-9-24(21)29-20-6-2-1-3-7-20;1-3-9-18(10-4-1)23-17-27-25-22(23)15-19(16-26-25)21-13-7-8-14-24(21)28-20-11-5-2-6-12-20;1-25(2)18-8-6-14(7-9-18)16-11-19-20(13-24-21(19)23-12-16)15-4-3-5-17(22)10-15/h3*1-16H,(H,27,28);1-17H,(H,26,27);3-13H,1-2H3,(H,23,24). The van der Waals surface area contributed by atoms with Gasteiger partial charge in [-0.2, -0.15) is 0 Å². The summed E-state index contributed by atoms with van der Waals surface area (Å²) >= 11 is 0. The number of nitrogens with one attached hydrogen (secondary N) is 5. The van der Waals surface area contributed by atoms with E-state index in [-0.39, 0.29) is 23.3 Å². The number of aromatic nitrogens is 10. The Bertz CT molecular complexity index is 8410. The predicted octanol–water partition coefficient (Wildman–Crippen LogP) is 32.3. The van der Waals surface area contributed by atoms with Gasteiger partial charge in [-0.15, -0.1) is 0 Å². The van der Waals surface area contributed by atoms with Crippen LogP contribution in [0.5, 0.6) is 46.0 Å². The maximum absolute atomic E-state index is 14.4. The highest BCUT2D eigenvalue weighted by atomic mass is 19.1. The average molecular weight is 1840 g/mol. The predicted molar refractivity (Wildman–Crippen MR) is 555 cm³/mol. The minimum atomic E-state index is -0.262. The van der Waals surface area contributed by atoms with Crippen molar-refractivity contribution >= 4 is 60.9 Å². The Balaban J connectivity index is 0.000000108. The SMILES string of the molecule is CN(C)c1ccc(-c2cnc3[nH]cc(-c4cccc(F)c4)c3c2)cc1.Fc1ccc(-c2c[nH]c3ncc(-c4ccccc4Oc4ccccc4)cc23)cc1.Fc1cccc(-c2c[nH]c3ncc(-c4ccccc4Oc4ccccc4)cc23)c1.Fc1ccccc1-c1c[nH]c2ncc(-c3ccccc3Oc3ccccc3)cc12.c1ccc(Oc2ccccc2-c2cnc3[nH]cc(-c4ccccc4)c3c2)cc1. The van der Waals surface area contributed by atoms with Gasteiger partial charge in [0.1, 0.15) is 97.5 Å². The molecule has 10 aromatic heterocycles. The van der Waals surface area contributed by atoms with Crippen molar-refractivity contribution in [2.75, 3.05) is 19.0 Å². The molecule has 0 saturated heterocycles. The fourth-order valence-electron chi connectivity index (χ4n) is 16.8. The highest BCUT2D eigenvalue weighted by Crippen LogP contribution is 2.44. The van der Waals surface area contributed by atoms with Gasteiger partial charge in [-0.05, 0) is 186 Å². The summed E-state index contributed by atoms with van der Waals surface area (Å²) in [6, 6.07) is 126. The molecule has 0 aliphatic carbocycles. The second kappa shape index (κ2) is 41.4. The molecule has 678 valence electrons. The third-order valence-corrected chi connectivity index (χ3v) is 23.7. The molecule has 0 aliphatic heterocycles. The first-order valence-electron chi connectivity index (χ1n) is 45.4. The lowest BCUT2D eigenvalue weighted by atomic mass is 10.0. The molecule has 0 fully saturated rings. The van der Waals surface area contributed by atoms with Crippen molar-refractivity contribution < 1.29 is 36.5 Å². The number of anilines is 1. The number of para-hydroxylation sites is 8. The molecule has 19 heteroatoms. The van der Waals surface area contributed by atoms with Crippen LogP contribution < -0.4 is 23.8 Å². The van der Waals surface area contributed by atoms with Crippen LogP contribution in [0, 0.1) is 23.3 Å². The van der Waals surface area contributed by atoms with E-state index < -0.39 is 0 Å². The Morgan fingerprint density at radius 2 is 0.464 bits per heavy atom. The van der Waals surface area contributed by atoms with Gasteiger partial charge >= 0.3 is 0 Å². The molecule has 0 saturated carbocycles. The summed E-state index contributed by atoms with van der Waals surface area (Å²) < 4.78 is 79.4. The van der Waals surface area contributed by atoms with Crippen LogP contribution in [0.2, 0.25) is 0 Å². The van der Waals surface area contributed by atoms with Crippen molar-refractivity contribution in [3.63, 3.8) is 0 Å². The van der Waals surface area contributed by atoms with Gasteiger partial charge in [0.05, 0.1) is 0 Å². The van der Waals surface area contributed by atoms with Crippen LogP contribution in [0.3, 0.4) is 0 Å². The van der Waals surface area contributed by atoms with Gasteiger partial charge in [0.15, 0.2) is 0 Å². The number of hydrogen-bond donors (Lipinski definition) is 5. The van der Waals surface area contributed by atoms with Crippen molar-refractivity contribution in [2.45, 2.75) is 0 Å². The monoisotopic (exact) mass is 1830 g/mol. The molecule has 0 aliphatic rings. The molecule has 10 heterocycles.